The van der Waals surface area contributed by atoms with Crippen molar-refractivity contribution in [3.05, 3.63) is 56.4 Å². The van der Waals surface area contributed by atoms with Gasteiger partial charge in [0.1, 0.15) is 22.6 Å². The van der Waals surface area contributed by atoms with Crippen LogP contribution in [0.1, 0.15) is 44.9 Å². The molecule has 0 fully saturated rings. The number of rotatable bonds is 2. The molecule has 3 rings (SSSR count). The van der Waals surface area contributed by atoms with Crippen molar-refractivity contribution in [3.8, 4) is 11.8 Å². The fourth-order valence-electron chi connectivity index (χ4n) is 3.39. The van der Waals surface area contributed by atoms with E-state index in [4.69, 9.17) is 4.74 Å². The molecule has 7 nitrogen and oxygen atoms in total. The van der Waals surface area contributed by atoms with Crippen molar-refractivity contribution in [1.29, 1.82) is 5.26 Å². The third-order valence-corrected chi connectivity index (χ3v) is 5.58. The number of pyridine rings is 1. The Kier molecular flexibility index (Phi) is 4.86. The molecule has 2 aromatic rings. The van der Waals surface area contributed by atoms with Gasteiger partial charge in [-0.25, -0.2) is 0 Å². The van der Waals surface area contributed by atoms with Crippen LogP contribution in [0.25, 0.3) is 0 Å². The van der Waals surface area contributed by atoms with Gasteiger partial charge in [0.25, 0.3) is 5.56 Å². The van der Waals surface area contributed by atoms with Gasteiger partial charge in [0, 0.05) is 23.2 Å². The topological polar surface area (TPSA) is 104 Å². The van der Waals surface area contributed by atoms with Crippen LogP contribution < -0.4 is 15.6 Å². The lowest BCUT2D eigenvalue weighted by Gasteiger charge is -2.50. The van der Waals surface area contributed by atoms with Gasteiger partial charge in [-0.3, -0.25) is 9.59 Å². The number of anilines is 1. The Labute approximate surface area is 170 Å². The number of fused-ring (bicyclic) bond motifs is 1. The van der Waals surface area contributed by atoms with Crippen LogP contribution in [0.2, 0.25) is 0 Å². The number of aromatic nitrogens is 1. The molecule has 2 heterocycles. The van der Waals surface area contributed by atoms with Gasteiger partial charge < -0.3 is 19.7 Å². The summed E-state index contributed by atoms with van der Waals surface area (Å²) in [5.74, 6) is 0.0986. The van der Waals surface area contributed by atoms with Crippen LogP contribution in [0.15, 0.2) is 39.7 Å². The lowest BCUT2D eigenvalue weighted by Crippen LogP contribution is -2.60. The monoisotopic (exact) mass is 445 g/mol. The Morgan fingerprint density at radius 3 is 2.64 bits per heavy atom. The summed E-state index contributed by atoms with van der Waals surface area (Å²) in [5, 5.41) is 23.3. The molecular weight excluding hydrogens is 426 g/mol. The van der Waals surface area contributed by atoms with Crippen LogP contribution >= 0.6 is 15.9 Å². The predicted octanol–water partition coefficient (Wildman–Crippen LogP) is 2.95. The summed E-state index contributed by atoms with van der Waals surface area (Å²) < 4.78 is 7.91. The smallest absolute Gasteiger partial charge is 0.275 e. The summed E-state index contributed by atoms with van der Waals surface area (Å²) in [5.41, 5.74) is -2.04. The van der Waals surface area contributed by atoms with Gasteiger partial charge >= 0.3 is 0 Å². The second kappa shape index (κ2) is 6.76. The highest BCUT2D eigenvalue weighted by Gasteiger charge is 2.53. The second-order valence-electron chi connectivity index (χ2n) is 7.49. The first kappa shape index (κ1) is 20.1. The van der Waals surface area contributed by atoms with Crippen LogP contribution in [0, 0.1) is 11.3 Å². The SMILES string of the molecule is CC(=O)Nc1cc(Br)cn(C2c3cc(C#N)ccc3OC(C)(C)C2(C)O)c1=O. The number of nitrogens with one attached hydrogen (secondary N) is 1. The standard InChI is InChI=1S/C20H20BrN3O4/c1-11(25)23-15-8-13(21)10-24(18(15)26)17-14-7-12(9-22)5-6-16(14)28-19(2,3)20(17,4)27/h5-8,10,17,27H,1-4H3,(H,23,25). The quantitative estimate of drug-likeness (QED) is 0.738. The molecule has 0 aliphatic carbocycles. The number of hydrogen-bond donors (Lipinski definition) is 2. The molecule has 2 atom stereocenters. The normalized spacial score (nSPS) is 22.5. The van der Waals surface area contributed by atoms with Crippen LogP contribution in [0.5, 0.6) is 5.75 Å². The van der Waals surface area contributed by atoms with Crippen molar-refractivity contribution in [2.75, 3.05) is 5.32 Å². The molecule has 28 heavy (non-hydrogen) atoms. The average Bonchev–Trinajstić information content (AvgIpc) is 2.58. The number of hydrogen-bond acceptors (Lipinski definition) is 5. The minimum absolute atomic E-state index is 0.0833. The number of benzene rings is 1. The molecule has 0 bridgehead atoms. The van der Waals surface area contributed by atoms with E-state index in [1.807, 2.05) is 0 Å². The van der Waals surface area contributed by atoms with E-state index in [0.717, 1.165) is 0 Å². The molecule has 146 valence electrons. The van der Waals surface area contributed by atoms with Gasteiger partial charge in [-0.15, -0.1) is 0 Å². The number of ether oxygens (including phenoxy) is 1. The highest BCUT2D eigenvalue weighted by atomic mass is 79.9. The number of amides is 1. The minimum Gasteiger partial charge on any atom is -0.484 e. The van der Waals surface area contributed by atoms with E-state index in [0.29, 0.717) is 21.3 Å². The van der Waals surface area contributed by atoms with Crippen LogP contribution in [0.4, 0.5) is 5.69 Å². The summed E-state index contributed by atoms with van der Waals surface area (Å²) in [6.45, 7) is 6.37. The van der Waals surface area contributed by atoms with E-state index >= 15 is 0 Å². The average molecular weight is 446 g/mol. The second-order valence-corrected chi connectivity index (χ2v) is 8.41. The summed E-state index contributed by atoms with van der Waals surface area (Å²) >= 11 is 3.36. The summed E-state index contributed by atoms with van der Waals surface area (Å²) in [4.78, 5) is 24.6. The van der Waals surface area contributed by atoms with Gasteiger partial charge in [-0.1, -0.05) is 0 Å². The molecule has 0 saturated carbocycles. The first-order valence-electron chi connectivity index (χ1n) is 8.62. The van der Waals surface area contributed by atoms with Crippen molar-refractivity contribution in [2.45, 2.75) is 44.9 Å². The molecule has 0 saturated heterocycles. The summed E-state index contributed by atoms with van der Waals surface area (Å²) in [6.07, 6.45) is 1.55. The first-order chi connectivity index (χ1) is 13.0. The Hall–Kier alpha value is -2.63. The molecule has 1 amide bonds. The Bertz CT molecular complexity index is 1070. The van der Waals surface area contributed by atoms with Crippen molar-refractivity contribution in [3.63, 3.8) is 0 Å². The van der Waals surface area contributed by atoms with E-state index in [1.54, 1.807) is 45.2 Å². The van der Waals surface area contributed by atoms with E-state index in [2.05, 4.69) is 27.3 Å². The Balaban J connectivity index is 2.34. The first-order valence-corrected chi connectivity index (χ1v) is 9.42. The molecule has 2 unspecified atom stereocenters. The summed E-state index contributed by atoms with van der Waals surface area (Å²) in [6, 6.07) is 7.62. The number of aliphatic hydroxyl groups is 1. The molecule has 1 aromatic carbocycles. The van der Waals surface area contributed by atoms with E-state index in [1.165, 1.54) is 17.6 Å². The van der Waals surface area contributed by atoms with Crippen molar-refractivity contribution in [2.24, 2.45) is 0 Å². The number of halogens is 1. The zero-order valence-corrected chi connectivity index (χ0v) is 17.5. The van der Waals surface area contributed by atoms with Gasteiger partial charge in [-0.2, -0.15) is 5.26 Å². The maximum atomic E-state index is 13.1. The van der Waals surface area contributed by atoms with E-state index < -0.39 is 22.8 Å². The highest BCUT2D eigenvalue weighted by Crippen LogP contribution is 2.48. The zero-order valence-electron chi connectivity index (χ0n) is 15.9. The molecule has 1 aliphatic heterocycles. The van der Waals surface area contributed by atoms with Crippen molar-refractivity contribution in [1.82, 2.24) is 4.57 Å². The Morgan fingerprint density at radius 2 is 2.04 bits per heavy atom. The predicted molar refractivity (Wildman–Crippen MR) is 107 cm³/mol. The van der Waals surface area contributed by atoms with Gasteiger partial charge in [0.15, 0.2) is 0 Å². The maximum Gasteiger partial charge on any atom is 0.275 e. The van der Waals surface area contributed by atoms with Gasteiger partial charge in [0.05, 0.1) is 17.7 Å². The van der Waals surface area contributed by atoms with Crippen molar-refractivity contribution < 1.29 is 14.6 Å². The fourth-order valence-corrected chi connectivity index (χ4v) is 3.84. The highest BCUT2D eigenvalue weighted by molar-refractivity contribution is 9.10. The van der Waals surface area contributed by atoms with Crippen LogP contribution in [-0.4, -0.2) is 26.8 Å². The fraction of sp³-hybridized carbons (Fsp3) is 0.350. The number of carbonyl (C=O) groups is 1. The Morgan fingerprint density at radius 1 is 1.36 bits per heavy atom. The lowest BCUT2D eigenvalue weighted by atomic mass is 9.75. The largest absolute Gasteiger partial charge is 0.484 e. The molecule has 0 spiro atoms. The van der Waals surface area contributed by atoms with Crippen LogP contribution in [-0.2, 0) is 4.79 Å². The zero-order chi connectivity index (χ0) is 20.9. The molecular formula is C20H20BrN3O4. The molecule has 0 radical (unpaired) electrons. The van der Waals surface area contributed by atoms with E-state index in [9.17, 15) is 20.0 Å². The van der Waals surface area contributed by atoms with Gasteiger partial charge in [0.2, 0.25) is 5.91 Å². The minimum atomic E-state index is -1.51. The number of carbonyl (C=O) groups excluding carboxylic acids is 1. The third kappa shape index (κ3) is 3.21. The molecule has 1 aromatic heterocycles. The van der Waals surface area contributed by atoms with Gasteiger partial charge in [-0.05, 0) is 61.0 Å². The third-order valence-electron chi connectivity index (χ3n) is 5.15. The molecule has 2 N–H and O–H groups in total. The molecule has 8 heteroatoms. The maximum absolute atomic E-state index is 13.1. The van der Waals surface area contributed by atoms with Crippen molar-refractivity contribution >= 4 is 27.5 Å². The lowest BCUT2D eigenvalue weighted by molar-refractivity contribution is -0.139. The van der Waals surface area contributed by atoms with Crippen LogP contribution in [0.3, 0.4) is 0 Å². The molecule has 1 aliphatic rings. The number of nitrogens with zero attached hydrogens (tertiary/aromatic N) is 2. The number of nitriles is 1. The van der Waals surface area contributed by atoms with E-state index in [-0.39, 0.29) is 11.6 Å². The summed E-state index contributed by atoms with van der Waals surface area (Å²) in [7, 11) is 0.